The molecule has 0 aromatic heterocycles. The van der Waals surface area contributed by atoms with E-state index in [1.165, 1.54) is 7.11 Å². The summed E-state index contributed by atoms with van der Waals surface area (Å²) in [6.07, 6.45) is 1.85. The normalized spacial score (nSPS) is 17.0. The molecule has 2 aliphatic heterocycles. The van der Waals surface area contributed by atoms with E-state index in [1.807, 2.05) is 47.4 Å². The average Bonchev–Trinajstić information content (AvgIpc) is 3.40. The van der Waals surface area contributed by atoms with Gasteiger partial charge in [0.25, 0.3) is 5.91 Å². The Morgan fingerprint density at radius 2 is 1.61 bits per heavy atom. The maximum Gasteiger partial charge on any atom is 0.337 e. The lowest BCUT2D eigenvalue weighted by Gasteiger charge is -2.32. The van der Waals surface area contributed by atoms with Crippen LogP contribution in [-0.4, -0.2) is 85.8 Å². The molecule has 0 bridgehead atoms. The van der Waals surface area contributed by atoms with Gasteiger partial charge in [-0.05, 0) is 73.5 Å². The largest absolute Gasteiger partial charge is 0.465 e. The molecule has 1 N–H and O–H groups in total. The number of methoxy groups -OCH3 is 1. The highest BCUT2D eigenvalue weighted by molar-refractivity contribution is 6.24. The van der Waals surface area contributed by atoms with Crippen LogP contribution in [0.5, 0.6) is 0 Å². The highest BCUT2D eigenvalue weighted by atomic mass is 16.5. The topological polar surface area (TPSA) is 101 Å². The van der Waals surface area contributed by atoms with Crippen molar-refractivity contribution < 1.29 is 23.9 Å². The number of nitrogens with zero attached hydrogens (tertiary/aromatic N) is 3. The number of ether oxygens (including phenoxy) is 2. The first kappa shape index (κ1) is 31.1. The standard InChI is InChI=1S/C35H40N4O5/c1-4-38(5-2)21-22-44-28-17-19-39(20-18-28)34(41)25-11-14-27(15-12-25)36-32(24-9-7-6-8-10-24)31-29-16-13-26(35(42)43-3)23-30(29)37-33(31)40/h6-16,23,28,31H,4-5,17-22H2,1-3H3,(H,37,40). The Labute approximate surface area is 258 Å². The van der Waals surface area contributed by atoms with Crippen molar-refractivity contribution in [2.45, 2.75) is 38.7 Å². The number of carbonyl (C=O) groups is 3. The number of likely N-dealkylation sites (N-methyl/N-ethyl adjacent to an activating group) is 1. The van der Waals surface area contributed by atoms with Crippen molar-refractivity contribution in [3.63, 3.8) is 0 Å². The molecule has 9 heteroatoms. The maximum atomic E-state index is 13.3. The molecule has 1 unspecified atom stereocenters. The van der Waals surface area contributed by atoms with Crippen molar-refractivity contribution in [2.24, 2.45) is 4.99 Å². The zero-order valence-corrected chi connectivity index (χ0v) is 25.6. The Morgan fingerprint density at radius 1 is 0.932 bits per heavy atom. The van der Waals surface area contributed by atoms with Crippen molar-refractivity contribution >= 4 is 34.9 Å². The molecule has 1 atom stereocenters. The average molecular weight is 597 g/mol. The number of carbonyl (C=O) groups excluding carboxylic acids is 3. The number of likely N-dealkylation sites (tertiary alicyclic amines) is 1. The Kier molecular flexibility index (Phi) is 10.2. The van der Waals surface area contributed by atoms with Gasteiger partial charge in [-0.2, -0.15) is 0 Å². The quantitative estimate of drug-likeness (QED) is 0.238. The second-order valence-corrected chi connectivity index (χ2v) is 11.0. The van der Waals surface area contributed by atoms with E-state index in [4.69, 9.17) is 14.5 Å². The first-order valence-corrected chi connectivity index (χ1v) is 15.3. The first-order valence-electron chi connectivity index (χ1n) is 15.3. The van der Waals surface area contributed by atoms with Gasteiger partial charge in [0, 0.05) is 30.9 Å². The number of esters is 1. The number of benzene rings is 3. The monoisotopic (exact) mass is 596 g/mol. The molecular formula is C35H40N4O5. The minimum atomic E-state index is -0.670. The Hall–Kier alpha value is -4.34. The third kappa shape index (κ3) is 7.06. The number of hydrogen-bond donors (Lipinski definition) is 1. The van der Waals surface area contributed by atoms with Gasteiger partial charge >= 0.3 is 5.97 Å². The van der Waals surface area contributed by atoms with Crippen LogP contribution in [0.25, 0.3) is 0 Å². The molecular weight excluding hydrogens is 556 g/mol. The van der Waals surface area contributed by atoms with Gasteiger partial charge in [-0.25, -0.2) is 4.79 Å². The third-order valence-electron chi connectivity index (χ3n) is 8.40. The fourth-order valence-corrected chi connectivity index (χ4v) is 5.80. The van der Waals surface area contributed by atoms with E-state index in [0.29, 0.717) is 41.3 Å². The van der Waals surface area contributed by atoms with Crippen molar-refractivity contribution in [1.29, 1.82) is 0 Å². The van der Waals surface area contributed by atoms with Gasteiger partial charge in [0.05, 0.1) is 36.8 Å². The van der Waals surface area contributed by atoms with Crippen LogP contribution in [0, 0.1) is 0 Å². The summed E-state index contributed by atoms with van der Waals surface area (Å²) in [6.45, 7) is 9.34. The van der Waals surface area contributed by atoms with Crippen molar-refractivity contribution in [3.05, 3.63) is 95.1 Å². The van der Waals surface area contributed by atoms with Gasteiger partial charge in [0.2, 0.25) is 5.91 Å². The highest BCUT2D eigenvalue weighted by Crippen LogP contribution is 2.37. The van der Waals surface area contributed by atoms with E-state index in [1.54, 1.807) is 30.3 Å². The second-order valence-electron chi connectivity index (χ2n) is 11.0. The molecule has 3 aromatic carbocycles. The van der Waals surface area contributed by atoms with E-state index >= 15 is 0 Å². The molecule has 0 spiro atoms. The molecule has 230 valence electrons. The van der Waals surface area contributed by atoms with E-state index in [2.05, 4.69) is 24.1 Å². The Morgan fingerprint density at radius 3 is 2.27 bits per heavy atom. The van der Waals surface area contributed by atoms with Gasteiger partial charge in [-0.15, -0.1) is 0 Å². The number of anilines is 1. The molecule has 9 nitrogen and oxygen atoms in total. The van der Waals surface area contributed by atoms with Crippen molar-refractivity contribution in [2.75, 3.05) is 51.8 Å². The highest BCUT2D eigenvalue weighted by Gasteiger charge is 2.36. The molecule has 2 amide bonds. The van der Waals surface area contributed by atoms with Crippen molar-refractivity contribution in [1.82, 2.24) is 9.80 Å². The summed E-state index contributed by atoms with van der Waals surface area (Å²) in [5.41, 5.74) is 4.27. The lowest BCUT2D eigenvalue weighted by atomic mass is 9.90. The molecule has 3 aromatic rings. The van der Waals surface area contributed by atoms with Crippen LogP contribution in [0.4, 0.5) is 11.4 Å². The summed E-state index contributed by atoms with van der Waals surface area (Å²) in [5.74, 6) is -1.37. The number of nitrogens with one attached hydrogen (secondary N) is 1. The van der Waals surface area contributed by atoms with Crippen LogP contribution in [0.15, 0.2) is 77.8 Å². The number of piperidine rings is 1. The molecule has 2 heterocycles. The van der Waals surface area contributed by atoms with Crippen LogP contribution in [0.3, 0.4) is 0 Å². The third-order valence-corrected chi connectivity index (χ3v) is 8.40. The zero-order chi connectivity index (χ0) is 31.1. The fourth-order valence-electron chi connectivity index (χ4n) is 5.80. The number of amides is 2. The van der Waals surface area contributed by atoms with E-state index in [9.17, 15) is 14.4 Å². The summed E-state index contributed by atoms with van der Waals surface area (Å²) in [6, 6.07) is 21.8. The summed E-state index contributed by atoms with van der Waals surface area (Å²) in [7, 11) is 1.32. The second kappa shape index (κ2) is 14.4. The summed E-state index contributed by atoms with van der Waals surface area (Å²) >= 11 is 0. The van der Waals surface area contributed by atoms with Gasteiger partial charge in [0.1, 0.15) is 5.92 Å². The first-order chi connectivity index (χ1) is 21.4. The van der Waals surface area contributed by atoms with E-state index < -0.39 is 11.9 Å². The van der Waals surface area contributed by atoms with Crippen LogP contribution in [-0.2, 0) is 14.3 Å². The molecule has 5 rings (SSSR count). The summed E-state index contributed by atoms with van der Waals surface area (Å²) in [5, 5.41) is 2.90. The lowest BCUT2D eigenvalue weighted by Crippen LogP contribution is -2.41. The number of aliphatic imine (C=N–C) groups is 1. The molecule has 0 radical (unpaired) electrons. The molecule has 0 aliphatic carbocycles. The van der Waals surface area contributed by atoms with Crippen LogP contribution in [0.2, 0.25) is 0 Å². The van der Waals surface area contributed by atoms with Gasteiger partial charge in [-0.1, -0.05) is 50.2 Å². The van der Waals surface area contributed by atoms with Gasteiger partial charge in [-0.3, -0.25) is 14.6 Å². The fraction of sp³-hybridized carbons (Fsp3) is 0.371. The lowest BCUT2D eigenvalue weighted by molar-refractivity contribution is -0.115. The Bertz CT molecular complexity index is 1490. The van der Waals surface area contributed by atoms with E-state index in [-0.39, 0.29) is 17.9 Å². The van der Waals surface area contributed by atoms with Crippen LogP contribution in [0.1, 0.15) is 64.4 Å². The number of hydrogen-bond acceptors (Lipinski definition) is 7. The minimum absolute atomic E-state index is 0.00379. The predicted octanol–water partition coefficient (Wildman–Crippen LogP) is 5.29. The molecule has 1 saturated heterocycles. The Balaban J connectivity index is 1.30. The number of fused-ring (bicyclic) bond motifs is 1. The molecule has 44 heavy (non-hydrogen) atoms. The smallest absolute Gasteiger partial charge is 0.337 e. The predicted molar refractivity (Wildman–Crippen MR) is 171 cm³/mol. The van der Waals surface area contributed by atoms with Gasteiger partial charge in [0.15, 0.2) is 0 Å². The van der Waals surface area contributed by atoms with E-state index in [0.717, 1.165) is 50.2 Å². The molecule has 0 saturated carbocycles. The SMILES string of the molecule is CCN(CC)CCOC1CCN(C(=O)c2ccc(N=C(c3ccccc3)C3C(=O)Nc4cc(C(=O)OC)ccc43)cc2)CC1. The van der Waals surface area contributed by atoms with Crippen LogP contribution < -0.4 is 5.32 Å². The summed E-state index contributed by atoms with van der Waals surface area (Å²) in [4.78, 5) is 47.8. The zero-order valence-electron chi connectivity index (χ0n) is 25.6. The van der Waals surface area contributed by atoms with Gasteiger partial charge < -0.3 is 24.6 Å². The maximum absolute atomic E-state index is 13.3. The summed E-state index contributed by atoms with van der Waals surface area (Å²) < 4.78 is 10.9. The number of rotatable bonds is 11. The molecule has 1 fully saturated rings. The minimum Gasteiger partial charge on any atom is -0.465 e. The van der Waals surface area contributed by atoms with Crippen molar-refractivity contribution in [3.8, 4) is 0 Å². The van der Waals surface area contributed by atoms with Crippen LogP contribution >= 0.6 is 0 Å². The molecule has 2 aliphatic rings.